The van der Waals surface area contributed by atoms with Crippen molar-refractivity contribution in [2.45, 2.75) is 19.0 Å². The van der Waals surface area contributed by atoms with Crippen LogP contribution in [-0.2, 0) is 25.6 Å². The third-order valence-corrected chi connectivity index (χ3v) is 5.53. The minimum Gasteiger partial charge on any atom is -0.469 e. The number of carbonyl (C=O) groups excluding carboxylic acids is 2. The summed E-state index contributed by atoms with van der Waals surface area (Å²) in [7, 11) is 2.50. The van der Waals surface area contributed by atoms with Crippen LogP contribution in [0.25, 0.3) is 22.2 Å². The Morgan fingerprint density at radius 3 is 2.30 bits per heavy atom. The van der Waals surface area contributed by atoms with Crippen LogP contribution in [-0.4, -0.2) is 40.3 Å². The van der Waals surface area contributed by atoms with Gasteiger partial charge in [0.25, 0.3) is 0 Å². The maximum atomic E-state index is 12.5. The van der Waals surface area contributed by atoms with Gasteiger partial charge in [-0.3, -0.25) is 10.2 Å². The van der Waals surface area contributed by atoms with Gasteiger partial charge in [-0.05, 0) is 11.1 Å². The van der Waals surface area contributed by atoms with E-state index in [-0.39, 0.29) is 11.9 Å². The van der Waals surface area contributed by atoms with Crippen molar-refractivity contribution in [1.82, 2.24) is 14.1 Å². The molecule has 0 aliphatic rings. The molecular weight excluding hydrogens is 420 g/mol. The van der Waals surface area contributed by atoms with Crippen LogP contribution in [0, 0.1) is 5.41 Å². The van der Waals surface area contributed by atoms with Gasteiger partial charge in [-0.15, -0.1) is 0 Å². The second-order valence-electron chi connectivity index (χ2n) is 7.54. The third kappa shape index (κ3) is 4.41. The van der Waals surface area contributed by atoms with E-state index in [4.69, 9.17) is 14.9 Å². The highest BCUT2D eigenvalue weighted by molar-refractivity contribution is 5.93. The predicted molar refractivity (Wildman–Crippen MR) is 122 cm³/mol. The Hall–Kier alpha value is -4.20. The lowest BCUT2D eigenvalue weighted by molar-refractivity contribution is -0.151. The van der Waals surface area contributed by atoms with Crippen LogP contribution >= 0.6 is 0 Å². The van der Waals surface area contributed by atoms with Gasteiger partial charge in [-0.2, -0.15) is 0 Å². The van der Waals surface area contributed by atoms with Gasteiger partial charge in [0.05, 0.1) is 32.4 Å². The Kier molecular flexibility index (Phi) is 6.35. The largest absolute Gasteiger partial charge is 0.469 e. The number of esters is 2. The predicted octanol–water partition coefficient (Wildman–Crippen LogP) is 3.31. The van der Waals surface area contributed by atoms with Crippen molar-refractivity contribution in [2.24, 2.45) is 0 Å². The number of nitrogens with one attached hydrogen (secondary N) is 1. The molecule has 2 heterocycles. The fraction of sp³-hybridized carbons (Fsp3) is 0.200. The average molecular weight is 444 g/mol. The number of aromatic nitrogens is 3. The van der Waals surface area contributed by atoms with E-state index in [1.807, 2.05) is 71.4 Å². The molecule has 33 heavy (non-hydrogen) atoms. The van der Waals surface area contributed by atoms with Crippen molar-refractivity contribution in [2.75, 3.05) is 14.2 Å². The lowest BCUT2D eigenvalue weighted by Gasteiger charge is -2.17. The number of hydrogen-bond donors (Lipinski definition) is 1. The average Bonchev–Trinajstić information content (AvgIpc) is 3.22. The molecule has 0 spiro atoms. The summed E-state index contributed by atoms with van der Waals surface area (Å²) >= 11 is 0. The van der Waals surface area contributed by atoms with E-state index in [2.05, 4.69) is 4.98 Å². The highest BCUT2D eigenvalue weighted by atomic mass is 16.5. The Labute approximate surface area is 190 Å². The van der Waals surface area contributed by atoms with Gasteiger partial charge in [0.1, 0.15) is 17.2 Å². The molecule has 4 rings (SSSR count). The number of nitrogens with zero attached hydrogens (tertiary/aromatic N) is 3. The Balaban J connectivity index is 1.92. The number of methoxy groups -OCH3 is 2. The molecule has 0 fully saturated rings. The SMILES string of the molecule is COC(=O)C[C@H](C(=O)OC)n1cnc2c(c(-c3ccccc3)cn2Cc2ccccc2)c1=N. The maximum Gasteiger partial charge on any atom is 0.329 e. The molecule has 1 atom stereocenters. The van der Waals surface area contributed by atoms with E-state index < -0.39 is 18.0 Å². The minimum absolute atomic E-state index is 0.0602. The van der Waals surface area contributed by atoms with Crippen molar-refractivity contribution >= 4 is 23.0 Å². The van der Waals surface area contributed by atoms with E-state index in [1.54, 1.807) is 0 Å². The van der Waals surface area contributed by atoms with Gasteiger partial charge in [-0.1, -0.05) is 60.7 Å². The Morgan fingerprint density at radius 1 is 1.00 bits per heavy atom. The number of hydrogen-bond acceptors (Lipinski definition) is 6. The molecule has 0 radical (unpaired) electrons. The molecule has 8 heteroatoms. The smallest absolute Gasteiger partial charge is 0.329 e. The number of benzene rings is 2. The molecule has 168 valence electrons. The first-order valence-corrected chi connectivity index (χ1v) is 10.4. The van der Waals surface area contributed by atoms with E-state index in [0.717, 1.165) is 16.7 Å². The summed E-state index contributed by atoms with van der Waals surface area (Å²) in [6.45, 7) is 0.573. The van der Waals surface area contributed by atoms with Gasteiger partial charge in [0, 0.05) is 18.3 Å². The van der Waals surface area contributed by atoms with Crippen LogP contribution in [0.3, 0.4) is 0 Å². The van der Waals surface area contributed by atoms with Crippen LogP contribution < -0.4 is 5.49 Å². The van der Waals surface area contributed by atoms with E-state index in [0.29, 0.717) is 17.6 Å². The zero-order valence-electron chi connectivity index (χ0n) is 18.4. The lowest BCUT2D eigenvalue weighted by Crippen LogP contribution is -2.33. The monoisotopic (exact) mass is 444 g/mol. The lowest BCUT2D eigenvalue weighted by atomic mass is 10.1. The molecule has 4 aromatic rings. The molecule has 2 aromatic heterocycles. The molecule has 0 unspecified atom stereocenters. The van der Waals surface area contributed by atoms with Crippen LogP contribution in [0.2, 0.25) is 0 Å². The molecule has 0 saturated carbocycles. The molecule has 0 aliphatic heterocycles. The maximum absolute atomic E-state index is 12.5. The summed E-state index contributed by atoms with van der Waals surface area (Å²) in [5, 5.41) is 9.55. The van der Waals surface area contributed by atoms with Crippen molar-refractivity contribution in [3.8, 4) is 11.1 Å². The standard InChI is InChI=1S/C25H24N4O4/c1-32-21(30)13-20(25(31)33-2)29-16-27-24-22(23(29)26)19(18-11-7-4-8-12-18)15-28(24)14-17-9-5-3-6-10-17/h3-12,15-16,20,26H,13-14H2,1-2H3/t20-/m1/s1. The second-order valence-corrected chi connectivity index (χ2v) is 7.54. The van der Waals surface area contributed by atoms with E-state index in [1.165, 1.54) is 25.1 Å². The van der Waals surface area contributed by atoms with Gasteiger partial charge < -0.3 is 18.6 Å². The quantitative estimate of drug-likeness (QED) is 0.441. The highest BCUT2D eigenvalue weighted by Gasteiger charge is 2.27. The molecule has 0 aliphatic carbocycles. The summed E-state index contributed by atoms with van der Waals surface area (Å²) in [6.07, 6.45) is 3.11. The Bertz CT molecular complexity index is 1340. The van der Waals surface area contributed by atoms with Gasteiger partial charge >= 0.3 is 11.9 Å². The zero-order chi connectivity index (χ0) is 23.4. The van der Waals surface area contributed by atoms with Crippen molar-refractivity contribution in [3.05, 3.63) is 84.2 Å². The molecule has 8 nitrogen and oxygen atoms in total. The fourth-order valence-corrected chi connectivity index (χ4v) is 3.87. The summed E-state index contributed by atoms with van der Waals surface area (Å²) in [5.74, 6) is -1.23. The van der Waals surface area contributed by atoms with Gasteiger partial charge in [-0.25, -0.2) is 9.78 Å². The summed E-state index contributed by atoms with van der Waals surface area (Å²) < 4.78 is 13.0. The van der Waals surface area contributed by atoms with Crippen LogP contribution in [0.5, 0.6) is 0 Å². The first-order valence-electron chi connectivity index (χ1n) is 10.4. The minimum atomic E-state index is -1.06. The van der Waals surface area contributed by atoms with Crippen LogP contribution in [0.15, 0.2) is 73.2 Å². The van der Waals surface area contributed by atoms with Crippen LogP contribution in [0.1, 0.15) is 18.0 Å². The summed E-state index contributed by atoms with van der Waals surface area (Å²) in [4.78, 5) is 29.0. The van der Waals surface area contributed by atoms with E-state index >= 15 is 0 Å². The molecule has 0 amide bonds. The first-order chi connectivity index (χ1) is 16.0. The second kappa shape index (κ2) is 9.52. The van der Waals surface area contributed by atoms with Gasteiger partial charge in [0.2, 0.25) is 0 Å². The summed E-state index contributed by atoms with van der Waals surface area (Å²) in [5.41, 5.74) is 3.50. The number of carbonyl (C=O) groups is 2. The molecule has 0 saturated heterocycles. The summed E-state index contributed by atoms with van der Waals surface area (Å²) in [6, 6.07) is 18.6. The topological polar surface area (TPSA) is 99.2 Å². The number of ether oxygens (including phenoxy) is 2. The highest BCUT2D eigenvalue weighted by Crippen LogP contribution is 2.28. The third-order valence-electron chi connectivity index (χ3n) is 5.53. The molecule has 1 N–H and O–H groups in total. The van der Waals surface area contributed by atoms with E-state index in [9.17, 15) is 9.59 Å². The number of fused-ring (bicyclic) bond motifs is 1. The van der Waals surface area contributed by atoms with Crippen molar-refractivity contribution in [1.29, 1.82) is 5.41 Å². The molecule has 0 bridgehead atoms. The van der Waals surface area contributed by atoms with Crippen molar-refractivity contribution < 1.29 is 19.1 Å². The number of rotatable bonds is 7. The van der Waals surface area contributed by atoms with Crippen LogP contribution in [0.4, 0.5) is 0 Å². The molecular formula is C25H24N4O4. The molecule has 2 aromatic carbocycles. The first kappa shape index (κ1) is 22.0. The Morgan fingerprint density at radius 2 is 1.67 bits per heavy atom. The van der Waals surface area contributed by atoms with Gasteiger partial charge in [0.15, 0.2) is 0 Å². The van der Waals surface area contributed by atoms with Crippen molar-refractivity contribution in [3.63, 3.8) is 0 Å². The normalized spacial score (nSPS) is 11.8. The fourth-order valence-electron chi connectivity index (χ4n) is 3.87. The zero-order valence-corrected chi connectivity index (χ0v) is 18.4.